The molecule has 1 fully saturated rings. The molecule has 0 unspecified atom stereocenters. The first-order valence-corrected chi connectivity index (χ1v) is 8.03. The molecule has 1 heterocycles. The smallest absolute Gasteiger partial charge is 0.309 e. The molecule has 1 amide bonds. The van der Waals surface area contributed by atoms with Crippen molar-refractivity contribution in [1.29, 1.82) is 0 Å². The Bertz CT molecular complexity index is 542. The third kappa shape index (κ3) is 5.63. The zero-order valence-corrected chi connectivity index (χ0v) is 13.4. The van der Waals surface area contributed by atoms with Gasteiger partial charge in [0.25, 0.3) is 0 Å². The van der Waals surface area contributed by atoms with E-state index in [0.717, 1.165) is 25.9 Å². The molecular formula is C17H23FN2O3. The van der Waals surface area contributed by atoms with Crippen LogP contribution in [0.2, 0.25) is 0 Å². The van der Waals surface area contributed by atoms with Crippen LogP contribution in [-0.2, 0) is 14.3 Å². The SMILES string of the molecule is CCOC(=O)C1CCN(CCC(=O)Nc2cccc(F)c2)CC1. The number of hydrogen-bond donors (Lipinski definition) is 1. The minimum Gasteiger partial charge on any atom is -0.466 e. The number of esters is 1. The van der Waals surface area contributed by atoms with E-state index in [4.69, 9.17) is 4.74 Å². The van der Waals surface area contributed by atoms with Crippen LogP contribution < -0.4 is 5.32 Å². The molecule has 1 aromatic rings. The molecule has 126 valence electrons. The van der Waals surface area contributed by atoms with E-state index in [1.54, 1.807) is 12.1 Å². The molecule has 1 N–H and O–H groups in total. The van der Waals surface area contributed by atoms with Crippen LogP contribution in [-0.4, -0.2) is 43.0 Å². The number of rotatable bonds is 6. The molecule has 1 aromatic carbocycles. The number of piperidine rings is 1. The van der Waals surface area contributed by atoms with Gasteiger partial charge in [0.1, 0.15) is 5.82 Å². The number of hydrogen-bond acceptors (Lipinski definition) is 4. The maximum atomic E-state index is 13.1. The van der Waals surface area contributed by atoms with E-state index in [1.807, 2.05) is 6.92 Å². The van der Waals surface area contributed by atoms with E-state index < -0.39 is 0 Å². The van der Waals surface area contributed by atoms with Crippen molar-refractivity contribution in [3.63, 3.8) is 0 Å². The van der Waals surface area contributed by atoms with Gasteiger partial charge in [-0.05, 0) is 51.1 Å². The summed E-state index contributed by atoms with van der Waals surface area (Å²) in [5, 5.41) is 2.69. The molecule has 0 radical (unpaired) electrons. The fourth-order valence-electron chi connectivity index (χ4n) is 2.70. The Morgan fingerprint density at radius 3 is 2.74 bits per heavy atom. The lowest BCUT2D eigenvalue weighted by Gasteiger charge is -2.30. The van der Waals surface area contributed by atoms with Gasteiger partial charge >= 0.3 is 5.97 Å². The molecule has 6 heteroatoms. The minimum absolute atomic E-state index is 0.0210. The average Bonchev–Trinajstić information content (AvgIpc) is 2.54. The van der Waals surface area contributed by atoms with Crippen LogP contribution in [0.1, 0.15) is 26.2 Å². The monoisotopic (exact) mass is 322 g/mol. The number of ether oxygens (including phenoxy) is 1. The van der Waals surface area contributed by atoms with Gasteiger partial charge in [-0.25, -0.2) is 4.39 Å². The third-order valence-corrected chi connectivity index (χ3v) is 3.97. The summed E-state index contributed by atoms with van der Waals surface area (Å²) in [7, 11) is 0. The van der Waals surface area contributed by atoms with Gasteiger partial charge in [0, 0.05) is 18.7 Å². The highest BCUT2D eigenvalue weighted by Gasteiger charge is 2.25. The summed E-state index contributed by atoms with van der Waals surface area (Å²) in [4.78, 5) is 25.7. The topological polar surface area (TPSA) is 58.6 Å². The number of benzene rings is 1. The summed E-state index contributed by atoms with van der Waals surface area (Å²) in [5.41, 5.74) is 0.469. The number of amides is 1. The van der Waals surface area contributed by atoms with Crippen molar-refractivity contribution in [1.82, 2.24) is 4.90 Å². The number of carbonyl (C=O) groups is 2. The normalized spacial score (nSPS) is 16.1. The number of likely N-dealkylation sites (tertiary alicyclic amines) is 1. The molecule has 2 rings (SSSR count). The highest BCUT2D eigenvalue weighted by Crippen LogP contribution is 2.19. The summed E-state index contributed by atoms with van der Waals surface area (Å²) >= 11 is 0. The predicted octanol–water partition coefficient (Wildman–Crippen LogP) is 2.43. The standard InChI is InChI=1S/C17H23FN2O3/c1-2-23-17(22)13-6-9-20(10-7-13)11-8-16(21)19-15-5-3-4-14(18)12-15/h3-5,12-13H,2,6-11H2,1H3,(H,19,21). The van der Waals surface area contributed by atoms with Gasteiger partial charge in [0.05, 0.1) is 12.5 Å². The molecule has 0 bridgehead atoms. The summed E-state index contributed by atoms with van der Waals surface area (Å²) in [6.07, 6.45) is 1.88. The lowest BCUT2D eigenvalue weighted by atomic mass is 9.97. The third-order valence-electron chi connectivity index (χ3n) is 3.97. The highest BCUT2D eigenvalue weighted by molar-refractivity contribution is 5.90. The van der Waals surface area contributed by atoms with Gasteiger partial charge in [-0.15, -0.1) is 0 Å². The second kappa shape index (κ2) is 8.62. The van der Waals surface area contributed by atoms with Crippen molar-refractivity contribution in [2.24, 2.45) is 5.92 Å². The Labute approximate surface area is 135 Å². The fourth-order valence-corrected chi connectivity index (χ4v) is 2.70. The first-order chi connectivity index (χ1) is 11.1. The Balaban J connectivity index is 1.69. The van der Waals surface area contributed by atoms with Crippen LogP contribution in [0.25, 0.3) is 0 Å². The number of carbonyl (C=O) groups excluding carboxylic acids is 2. The Hall–Kier alpha value is -1.95. The van der Waals surface area contributed by atoms with Gasteiger partial charge in [-0.3, -0.25) is 9.59 Å². The van der Waals surface area contributed by atoms with E-state index in [-0.39, 0.29) is 23.6 Å². The van der Waals surface area contributed by atoms with Gasteiger partial charge in [0.2, 0.25) is 5.91 Å². The number of anilines is 1. The molecule has 5 nitrogen and oxygen atoms in total. The molecule has 23 heavy (non-hydrogen) atoms. The predicted molar refractivity (Wildman–Crippen MR) is 85.4 cm³/mol. The Kier molecular flexibility index (Phi) is 6.52. The summed E-state index contributed by atoms with van der Waals surface area (Å²) < 4.78 is 18.1. The lowest BCUT2D eigenvalue weighted by molar-refractivity contribution is -0.149. The van der Waals surface area contributed by atoms with Crippen molar-refractivity contribution in [2.75, 3.05) is 31.6 Å². The maximum absolute atomic E-state index is 13.1. The second-order valence-electron chi connectivity index (χ2n) is 5.68. The second-order valence-corrected chi connectivity index (χ2v) is 5.68. The van der Waals surface area contributed by atoms with Crippen molar-refractivity contribution in [2.45, 2.75) is 26.2 Å². The average molecular weight is 322 g/mol. The maximum Gasteiger partial charge on any atom is 0.309 e. The largest absolute Gasteiger partial charge is 0.466 e. The number of halogens is 1. The molecule has 0 spiro atoms. The zero-order valence-electron chi connectivity index (χ0n) is 13.4. The molecular weight excluding hydrogens is 299 g/mol. The van der Waals surface area contributed by atoms with Crippen molar-refractivity contribution < 1.29 is 18.7 Å². The van der Waals surface area contributed by atoms with Crippen molar-refractivity contribution >= 4 is 17.6 Å². The van der Waals surface area contributed by atoms with Gasteiger partial charge in [-0.2, -0.15) is 0 Å². The van der Waals surface area contributed by atoms with Crippen LogP contribution in [0.5, 0.6) is 0 Å². The van der Waals surface area contributed by atoms with Gasteiger partial charge in [0.15, 0.2) is 0 Å². The van der Waals surface area contributed by atoms with Gasteiger partial charge in [-0.1, -0.05) is 6.07 Å². The molecule has 1 aliphatic rings. The van der Waals surface area contributed by atoms with Crippen LogP contribution in [0.4, 0.5) is 10.1 Å². The quantitative estimate of drug-likeness (QED) is 0.817. The van der Waals surface area contributed by atoms with Crippen molar-refractivity contribution in [3.05, 3.63) is 30.1 Å². The van der Waals surface area contributed by atoms with Crippen molar-refractivity contribution in [3.8, 4) is 0 Å². The van der Waals surface area contributed by atoms with E-state index >= 15 is 0 Å². The minimum atomic E-state index is -0.371. The van der Waals surface area contributed by atoms with E-state index in [0.29, 0.717) is 25.3 Å². The van der Waals surface area contributed by atoms with Crippen LogP contribution in [0.15, 0.2) is 24.3 Å². The molecule has 0 atom stereocenters. The summed E-state index contributed by atoms with van der Waals surface area (Å²) in [5.74, 6) is -0.643. The Morgan fingerprint density at radius 2 is 2.09 bits per heavy atom. The first kappa shape index (κ1) is 17.4. The zero-order chi connectivity index (χ0) is 16.7. The first-order valence-electron chi connectivity index (χ1n) is 8.03. The molecule has 0 aromatic heterocycles. The number of nitrogens with one attached hydrogen (secondary N) is 1. The van der Waals surface area contributed by atoms with Crippen LogP contribution in [0, 0.1) is 11.7 Å². The summed E-state index contributed by atoms with van der Waals surface area (Å²) in [6.45, 7) is 4.44. The molecule has 1 saturated heterocycles. The molecule has 0 aliphatic carbocycles. The van der Waals surface area contributed by atoms with Crippen LogP contribution in [0.3, 0.4) is 0 Å². The number of nitrogens with zero attached hydrogens (tertiary/aromatic N) is 1. The summed E-state index contributed by atoms with van der Waals surface area (Å²) in [6, 6.07) is 5.85. The lowest BCUT2D eigenvalue weighted by Crippen LogP contribution is -2.38. The van der Waals surface area contributed by atoms with E-state index in [1.165, 1.54) is 12.1 Å². The fraction of sp³-hybridized carbons (Fsp3) is 0.529. The van der Waals surface area contributed by atoms with E-state index in [2.05, 4.69) is 10.2 Å². The highest BCUT2D eigenvalue weighted by atomic mass is 19.1. The molecule has 1 aliphatic heterocycles. The van der Waals surface area contributed by atoms with Gasteiger partial charge < -0.3 is 15.0 Å². The Morgan fingerprint density at radius 1 is 1.35 bits per heavy atom. The van der Waals surface area contributed by atoms with E-state index in [9.17, 15) is 14.0 Å². The van der Waals surface area contributed by atoms with Crippen LogP contribution >= 0.6 is 0 Å². The molecule has 0 saturated carbocycles.